The quantitative estimate of drug-likeness (QED) is 0.868. The van der Waals surface area contributed by atoms with Crippen molar-refractivity contribution in [1.29, 1.82) is 0 Å². The molecule has 0 radical (unpaired) electrons. The first-order valence-corrected chi connectivity index (χ1v) is 7.38. The minimum absolute atomic E-state index is 0.319. The minimum atomic E-state index is -0.936. The van der Waals surface area contributed by atoms with E-state index in [1.165, 1.54) is 6.07 Å². The van der Waals surface area contributed by atoms with Crippen LogP contribution in [0.15, 0.2) is 10.5 Å². The summed E-state index contributed by atoms with van der Waals surface area (Å²) >= 11 is 3.27. The molecule has 0 unspecified atom stereocenters. The maximum absolute atomic E-state index is 14.0. The lowest BCUT2D eigenvalue weighted by Gasteiger charge is -2.36. The number of carboxylic acid groups (broad SMARTS) is 1. The zero-order valence-electron chi connectivity index (χ0n) is 11.2. The second-order valence-corrected chi connectivity index (χ2v) is 6.23. The first-order chi connectivity index (χ1) is 8.90. The monoisotopic (exact) mass is 328 g/mol. The van der Waals surface area contributed by atoms with Gasteiger partial charge in [0, 0.05) is 0 Å². The maximum Gasteiger partial charge on any atom is 0.314 e. The molecule has 0 heterocycles. The Kier molecular flexibility index (Phi) is 4.00. The van der Waals surface area contributed by atoms with Gasteiger partial charge in [0.05, 0.1) is 9.89 Å². The van der Waals surface area contributed by atoms with Crippen molar-refractivity contribution in [2.45, 2.75) is 51.4 Å². The number of hydrogen-bond acceptors (Lipinski definition) is 1. The Morgan fingerprint density at radius 3 is 2.42 bits per heavy atom. The first-order valence-electron chi connectivity index (χ1n) is 6.59. The summed E-state index contributed by atoms with van der Waals surface area (Å²) in [6, 6.07) is 1.46. The average Bonchev–Trinajstić information content (AvgIpc) is 2.37. The Bertz CT molecular complexity index is 493. The standard InChI is InChI=1S/C15H18BrFO2/c1-9-8-11(17)13(16)12(10(9)2)15(14(18)19)6-4-3-5-7-15/h8H,3-7H2,1-2H3,(H,18,19). The summed E-state index contributed by atoms with van der Waals surface area (Å²) in [5, 5.41) is 9.73. The SMILES string of the molecule is Cc1cc(F)c(Br)c(C2(C(=O)O)CCCCC2)c1C. The molecular weight excluding hydrogens is 311 g/mol. The van der Waals surface area contributed by atoms with Crippen LogP contribution >= 0.6 is 15.9 Å². The third-order valence-electron chi connectivity index (χ3n) is 4.33. The molecule has 1 fully saturated rings. The van der Waals surface area contributed by atoms with E-state index in [4.69, 9.17) is 0 Å². The Hall–Kier alpha value is -0.900. The van der Waals surface area contributed by atoms with Gasteiger partial charge in [0.2, 0.25) is 0 Å². The predicted molar refractivity (Wildman–Crippen MR) is 76.0 cm³/mol. The van der Waals surface area contributed by atoms with E-state index in [0.717, 1.165) is 30.4 Å². The van der Waals surface area contributed by atoms with Crippen molar-refractivity contribution >= 4 is 21.9 Å². The van der Waals surface area contributed by atoms with Crippen molar-refractivity contribution in [2.75, 3.05) is 0 Å². The van der Waals surface area contributed by atoms with Crippen molar-refractivity contribution in [3.63, 3.8) is 0 Å². The van der Waals surface area contributed by atoms with E-state index in [0.29, 0.717) is 22.9 Å². The van der Waals surface area contributed by atoms with Gasteiger partial charge in [-0.2, -0.15) is 0 Å². The lowest BCUT2D eigenvalue weighted by atomic mass is 9.68. The Morgan fingerprint density at radius 1 is 1.32 bits per heavy atom. The summed E-state index contributed by atoms with van der Waals surface area (Å²) in [6.45, 7) is 3.71. The Balaban J connectivity index is 2.70. The second-order valence-electron chi connectivity index (χ2n) is 5.44. The topological polar surface area (TPSA) is 37.3 Å². The van der Waals surface area contributed by atoms with Crippen molar-refractivity contribution in [3.8, 4) is 0 Å². The third-order valence-corrected chi connectivity index (χ3v) is 5.11. The van der Waals surface area contributed by atoms with E-state index in [2.05, 4.69) is 15.9 Å². The molecule has 1 aliphatic carbocycles. The van der Waals surface area contributed by atoms with Gasteiger partial charge < -0.3 is 5.11 Å². The smallest absolute Gasteiger partial charge is 0.314 e. The van der Waals surface area contributed by atoms with E-state index in [9.17, 15) is 14.3 Å². The highest BCUT2D eigenvalue weighted by Gasteiger charge is 2.44. The van der Waals surface area contributed by atoms with Crippen molar-refractivity contribution in [3.05, 3.63) is 33.0 Å². The van der Waals surface area contributed by atoms with Gasteiger partial charge in [-0.1, -0.05) is 19.3 Å². The molecule has 2 rings (SSSR count). The van der Waals surface area contributed by atoms with Crippen LogP contribution in [0.2, 0.25) is 0 Å². The number of carboxylic acids is 1. The first kappa shape index (κ1) is 14.5. The van der Waals surface area contributed by atoms with Gasteiger partial charge in [-0.05, 0) is 65.4 Å². The highest BCUT2D eigenvalue weighted by Crippen LogP contribution is 2.45. The number of benzene rings is 1. The molecule has 1 saturated carbocycles. The number of hydrogen-bond donors (Lipinski definition) is 1. The van der Waals surface area contributed by atoms with Crippen molar-refractivity contribution < 1.29 is 14.3 Å². The molecule has 0 spiro atoms. The molecular formula is C15H18BrFO2. The molecule has 1 aromatic carbocycles. The Morgan fingerprint density at radius 2 is 1.89 bits per heavy atom. The van der Waals surface area contributed by atoms with E-state index in [1.807, 2.05) is 13.8 Å². The highest BCUT2D eigenvalue weighted by molar-refractivity contribution is 9.10. The molecule has 0 saturated heterocycles. The van der Waals surface area contributed by atoms with Crippen LogP contribution in [-0.4, -0.2) is 11.1 Å². The molecule has 1 aromatic rings. The van der Waals surface area contributed by atoms with E-state index < -0.39 is 11.4 Å². The molecule has 0 atom stereocenters. The van der Waals surface area contributed by atoms with Gasteiger partial charge in [-0.15, -0.1) is 0 Å². The summed E-state index contributed by atoms with van der Waals surface area (Å²) in [5.74, 6) is -1.20. The van der Waals surface area contributed by atoms with Crippen LogP contribution in [0, 0.1) is 19.7 Å². The molecule has 0 bridgehead atoms. The number of carbonyl (C=O) groups is 1. The molecule has 4 heteroatoms. The van der Waals surface area contributed by atoms with Gasteiger partial charge in [0.1, 0.15) is 5.82 Å². The zero-order valence-corrected chi connectivity index (χ0v) is 12.8. The minimum Gasteiger partial charge on any atom is -0.481 e. The van der Waals surface area contributed by atoms with Gasteiger partial charge in [0.15, 0.2) is 0 Å². The van der Waals surface area contributed by atoms with E-state index in [-0.39, 0.29) is 5.82 Å². The summed E-state index contributed by atoms with van der Waals surface area (Å²) in [5.41, 5.74) is 1.39. The number of aryl methyl sites for hydroxylation is 1. The summed E-state index contributed by atoms with van der Waals surface area (Å²) in [4.78, 5) is 11.9. The number of aliphatic carboxylic acids is 1. The second kappa shape index (κ2) is 5.23. The van der Waals surface area contributed by atoms with Crippen LogP contribution < -0.4 is 0 Å². The molecule has 1 N–H and O–H groups in total. The summed E-state index contributed by atoms with van der Waals surface area (Å²) in [6.07, 6.45) is 4.00. The molecule has 2 nitrogen and oxygen atoms in total. The van der Waals surface area contributed by atoms with Gasteiger partial charge in [-0.25, -0.2) is 4.39 Å². The maximum atomic E-state index is 14.0. The van der Waals surface area contributed by atoms with Crippen LogP contribution in [-0.2, 0) is 10.2 Å². The lowest BCUT2D eigenvalue weighted by Crippen LogP contribution is -2.39. The van der Waals surface area contributed by atoms with Gasteiger partial charge in [0.25, 0.3) is 0 Å². The summed E-state index contributed by atoms with van der Waals surface area (Å²) < 4.78 is 14.3. The normalized spacial score (nSPS) is 18.3. The summed E-state index contributed by atoms with van der Waals surface area (Å²) in [7, 11) is 0. The van der Waals surface area contributed by atoms with Crippen LogP contribution in [0.4, 0.5) is 4.39 Å². The molecule has 0 aromatic heterocycles. The number of rotatable bonds is 2. The lowest BCUT2D eigenvalue weighted by molar-refractivity contribution is -0.145. The van der Waals surface area contributed by atoms with Crippen molar-refractivity contribution in [1.82, 2.24) is 0 Å². The van der Waals surface area contributed by atoms with Crippen LogP contribution in [0.1, 0.15) is 48.8 Å². The fourth-order valence-electron chi connectivity index (χ4n) is 3.14. The van der Waals surface area contributed by atoms with Gasteiger partial charge >= 0.3 is 5.97 Å². The predicted octanol–water partition coefficient (Wildman–Crippen LogP) is 4.49. The molecule has 0 amide bonds. The van der Waals surface area contributed by atoms with E-state index >= 15 is 0 Å². The molecule has 19 heavy (non-hydrogen) atoms. The molecule has 104 valence electrons. The zero-order chi connectivity index (χ0) is 14.2. The largest absolute Gasteiger partial charge is 0.481 e. The molecule has 1 aliphatic rings. The average molecular weight is 329 g/mol. The van der Waals surface area contributed by atoms with Crippen LogP contribution in [0.3, 0.4) is 0 Å². The Labute approximate surface area is 121 Å². The van der Waals surface area contributed by atoms with Gasteiger partial charge in [-0.3, -0.25) is 4.79 Å². The van der Waals surface area contributed by atoms with Crippen LogP contribution in [0.5, 0.6) is 0 Å². The van der Waals surface area contributed by atoms with Crippen molar-refractivity contribution in [2.24, 2.45) is 0 Å². The van der Waals surface area contributed by atoms with E-state index in [1.54, 1.807) is 0 Å². The van der Waals surface area contributed by atoms with Crippen LogP contribution in [0.25, 0.3) is 0 Å². The number of halogens is 2. The third kappa shape index (κ3) is 2.31. The molecule has 0 aliphatic heterocycles. The highest BCUT2D eigenvalue weighted by atomic mass is 79.9. The fourth-order valence-corrected chi connectivity index (χ4v) is 3.93. The fraction of sp³-hybridized carbons (Fsp3) is 0.533.